The number of ether oxygens (including phenoxy) is 2. The number of fused-ring (bicyclic) bond motifs is 2. The van der Waals surface area contributed by atoms with E-state index in [0.717, 1.165) is 17.7 Å². The monoisotopic (exact) mass is 1040 g/mol. The zero-order valence-corrected chi connectivity index (χ0v) is 41.5. The van der Waals surface area contributed by atoms with E-state index in [9.17, 15) is 55.8 Å². The van der Waals surface area contributed by atoms with Crippen LogP contribution in [-0.2, 0) is 20.2 Å². The van der Waals surface area contributed by atoms with Gasteiger partial charge in [-0.15, -0.1) is 0 Å². The molecule has 1 heterocycles. The lowest BCUT2D eigenvalue weighted by Gasteiger charge is -2.20. The van der Waals surface area contributed by atoms with E-state index in [4.69, 9.17) is 18.9 Å². The van der Waals surface area contributed by atoms with Crippen LogP contribution in [0.25, 0.3) is 33.4 Å². The second kappa shape index (κ2) is 19.9. The number of aryl methyl sites for hydroxylation is 2. The van der Waals surface area contributed by atoms with Gasteiger partial charge in [0.2, 0.25) is 0 Å². The Morgan fingerprint density at radius 1 is 0.608 bits per heavy atom. The highest BCUT2D eigenvalue weighted by atomic mass is 32.2. The normalized spacial score (nSPS) is 11.9. The number of carbonyl (C=O) groups is 2. The lowest BCUT2D eigenvalue weighted by atomic mass is 9.93. The molecule has 8 rings (SSSR count). The Morgan fingerprint density at radius 3 is 1.74 bits per heavy atom. The second-order valence-electron chi connectivity index (χ2n) is 16.9. The van der Waals surface area contributed by atoms with E-state index in [2.05, 4.69) is 16.0 Å². The van der Waals surface area contributed by atoms with Gasteiger partial charge in [0.05, 0.1) is 32.3 Å². The minimum atomic E-state index is -4.95. The summed E-state index contributed by atoms with van der Waals surface area (Å²) in [4.78, 5) is 51.1. The number of nitrogens with zero attached hydrogens (tertiary/aromatic N) is 3. The van der Waals surface area contributed by atoms with E-state index in [-0.39, 0.29) is 73.2 Å². The zero-order chi connectivity index (χ0) is 53.6. The van der Waals surface area contributed by atoms with Gasteiger partial charge in [-0.05, 0) is 130 Å². The lowest BCUT2D eigenvalue weighted by molar-refractivity contribution is -0.385. The zero-order valence-electron chi connectivity index (χ0n) is 39.8. The summed E-state index contributed by atoms with van der Waals surface area (Å²) in [6, 6.07) is 27.1. The molecule has 1 aliphatic carbocycles. The smallest absolute Gasteiger partial charge is 0.417 e. The van der Waals surface area contributed by atoms with E-state index in [1.165, 1.54) is 74.5 Å². The van der Waals surface area contributed by atoms with Crippen molar-refractivity contribution in [2.24, 2.45) is 4.99 Å². The maximum atomic E-state index is 13.2. The molecule has 5 N–H and O–H groups in total. The van der Waals surface area contributed by atoms with Gasteiger partial charge in [-0.1, -0.05) is 24.3 Å². The Labute approximate surface area is 421 Å². The van der Waals surface area contributed by atoms with E-state index in [1.807, 2.05) is 13.0 Å². The minimum Gasteiger partial charge on any atom is -0.456 e. The summed E-state index contributed by atoms with van der Waals surface area (Å²) in [6.45, 7) is 9.77. The van der Waals surface area contributed by atoms with Gasteiger partial charge in [0.1, 0.15) is 32.6 Å². The second-order valence-corrected chi connectivity index (χ2v) is 19.6. The first-order chi connectivity index (χ1) is 34.9. The summed E-state index contributed by atoms with van der Waals surface area (Å²) in [5, 5.41) is 31.5. The van der Waals surface area contributed by atoms with Gasteiger partial charge in [0.25, 0.3) is 31.6 Å². The largest absolute Gasteiger partial charge is 0.456 e. The SMILES string of the molecule is Cc1cc(C)c(Nc2ccc3c(-c4ccccc4S(=O)(=O)O)c4ccc(=Nc5c(C)c(NC(=O)Oc6ccc([N+](=O)[O-])cc6)c(C)c(S(=O)(=O)O)c5C)cc-4oc3c2)c(C)c1NC(=O)Oc1ccc([N+](=O)[O-])cc1. The first-order valence-electron chi connectivity index (χ1n) is 22.0. The highest BCUT2D eigenvalue weighted by Crippen LogP contribution is 2.44. The number of carbonyl (C=O) groups excluding carboxylic acids is 2. The Balaban J connectivity index is 1.23. The number of hydrogen-bond acceptors (Lipinski definition) is 15. The van der Waals surface area contributed by atoms with Crippen LogP contribution in [0.1, 0.15) is 33.4 Å². The number of hydrogen-bond donors (Lipinski definition) is 5. The first-order valence-corrected chi connectivity index (χ1v) is 24.9. The molecule has 0 atom stereocenters. The van der Waals surface area contributed by atoms with Crippen LogP contribution in [0.5, 0.6) is 11.5 Å². The molecule has 1 aliphatic heterocycles. The third-order valence-corrected chi connectivity index (χ3v) is 14.0. The molecule has 378 valence electrons. The molecule has 0 spiro atoms. The molecule has 21 nitrogen and oxygen atoms in total. The van der Waals surface area contributed by atoms with E-state index in [0.29, 0.717) is 44.7 Å². The summed E-state index contributed by atoms with van der Waals surface area (Å²) in [5.41, 5.74) is 4.47. The number of nitrogens with one attached hydrogen (secondary N) is 3. The fraction of sp³-hybridized carbons (Fsp3) is 0.118. The Kier molecular flexibility index (Phi) is 13.8. The predicted octanol–water partition coefficient (Wildman–Crippen LogP) is 11.6. The number of rotatable bonds is 12. The quantitative estimate of drug-likeness (QED) is 0.0329. The molecule has 2 amide bonds. The van der Waals surface area contributed by atoms with Crippen molar-refractivity contribution in [3.63, 3.8) is 0 Å². The highest BCUT2D eigenvalue weighted by Gasteiger charge is 2.28. The van der Waals surface area contributed by atoms with Crippen LogP contribution in [0.2, 0.25) is 0 Å². The van der Waals surface area contributed by atoms with Gasteiger partial charge in [-0.25, -0.2) is 14.6 Å². The van der Waals surface area contributed by atoms with E-state index >= 15 is 0 Å². The number of benzene rings is 7. The van der Waals surface area contributed by atoms with Gasteiger partial charge >= 0.3 is 12.2 Å². The molecule has 0 radical (unpaired) electrons. The van der Waals surface area contributed by atoms with E-state index < -0.39 is 52.1 Å². The van der Waals surface area contributed by atoms with Crippen molar-refractivity contribution >= 4 is 83.2 Å². The number of nitro groups is 2. The third-order valence-electron chi connectivity index (χ3n) is 12.0. The third kappa shape index (κ3) is 10.5. The summed E-state index contributed by atoms with van der Waals surface area (Å²) in [5.74, 6) is 0.173. The first kappa shape index (κ1) is 51.3. The van der Waals surface area contributed by atoms with Crippen LogP contribution >= 0.6 is 0 Å². The molecule has 6 aromatic rings. The molecular formula is C51H42N6O15S2. The van der Waals surface area contributed by atoms with Gasteiger partial charge in [-0.3, -0.25) is 40.0 Å². The van der Waals surface area contributed by atoms with Gasteiger partial charge in [0.15, 0.2) is 0 Å². The highest BCUT2D eigenvalue weighted by molar-refractivity contribution is 7.86. The van der Waals surface area contributed by atoms with Crippen molar-refractivity contribution in [1.29, 1.82) is 0 Å². The molecule has 2 aliphatic rings. The average molecular weight is 1040 g/mol. The maximum Gasteiger partial charge on any atom is 0.417 e. The molecule has 0 unspecified atom stereocenters. The fourth-order valence-corrected chi connectivity index (χ4v) is 10.4. The minimum absolute atomic E-state index is 0.0206. The Hall–Kier alpha value is -9.03. The van der Waals surface area contributed by atoms with Crippen molar-refractivity contribution in [1.82, 2.24) is 0 Å². The molecule has 0 saturated heterocycles. The Morgan fingerprint density at radius 2 is 1.18 bits per heavy atom. The standard InChI is InChI=1S/C51H42N6O15S2/c1-26-23-27(2)46(54-50(58)70-36-17-13-34(14-18-36)56(60)61)28(3)45(26)52-32-11-21-38-41(24-32)72-42-25-33(12-22-39(42)44(38)40-9-7-8-10-43(40)73(64,65)66)53-47-29(4)48(31(6)49(30(47)5)74(67,68)69)55-51(59)71-37-19-15-35(16-20-37)57(62)63/h7-25,52H,1-6H3,(H,54,58)(H,55,59)(H,64,65,66)(H,67,68,69). The van der Waals surface area contributed by atoms with Crippen LogP contribution in [0, 0.1) is 61.8 Å². The molecule has 6 aromatic carbocycles. The van der Waals surface area contributed by atoms with Crippen LogP contribution < -0.4 is 30.8 Å². The fourth-order valence-electron chi connectivity index (χ4n) is 8.72. The predicted molar refractivity (Wildman–Crippen MR) is 273 cm³/mol. The average Bonchev–Trinajstić information content (AvgIpc) is 3.33. The number of non-ortho nitro benzene ring substituents is 2. The molecule has 23 heteroatoms. The molecule has 0 saturated carbocycles. The Bertz CT molecular complexity index is 3930. The number of amides is 2. The van der Waals surface area contributed by atoms with Crippen molar-refractivity contribution in [2.75, 3.05) is 16.0 Å². The van der Waals surface area contributed by atoms with Gasteiger partial charge in [0, 0.05) is 69.8 Å². The number of anilines is 4. The summed E-state index contributed by atoms with van der Waals surface area (Å²) in [7, 11) is -9.73. The van der Waals surface area contributed by atoms with Gasteiger partial charge in [-0.2, -0.15) is 16.8 Å². The molecular weight excluding hydrogens is 1000 g/mol. The molecule has 74 heavy (non-hydrogen) atoms. The topological polar surface area (TPSA) is 309 Å². The van der Waals surface area contributed by atoms with Crippen molar-refractivity contribution in [3.05, 3.63) is 174 Å². The van der Waals surface area contributed by atoms with Crippen LogP contribution in [-0.4, -0.2) is 48.0 Å². The summed E-state index contributed by atoms with van der Waals surface area (Å²) >= 11 is 0. The summed E-state index contributed by atoms with van der Waals surface area (Å²) in [6.07, 6.45) is -1.93. The van der Waals surface area contributed by atoms with Crippen molar-refractivity contribution < 1.29 is 59.3 Å². The molecule has 0 aromatic heterocycles. The lowest BCUT2D eigenvalue weighted by Crippen LogP contribution is -2.20. The van der Waals surface area contributed by atoms with Crippen LogP contribution in [0.4, 0.5) is 49.4 Å². The van der Waals surface area contributed by atoms with Crippen molar-refractivity contribution in [2.45, 2.75) is 51.3 Å². The molecule has 0 bridgehead atoms. The van der Waals surface area contributed by atoms with Crippen molar-refractivity contribution in [3.8, 4) is 33.9 Å². The maximum absolute atomic E-state index is 13.2. The van der Waals surface area contributed by atoms with Gasteiger partial charge < -0.3 is 19.2 Å². The summed E-state index contributed by atoms with van der Waals surface area (Å²) < 4.78 is 89.7. The van der Waals surface area contributed by atoms with Crippen LogP contribution in [0.3, 0.4) is 0 Å². The number of nitro benzene ring substituents is 2. The molecule has 0 fully saturated rings. The van der Waals surface area contributed by atoms with E-state index in [1.54, 1.807) is 57.2 Å². The van der Waals surface area contributed by atoms with Crippen LogP contribution in [0.15, 0.2) is 134 Å².